The van der Waals surface area contributed by atoms with Crippen LogP contribution in [-0.2, 0) is 29.1 Å². The largest absolute Gasteiger partial charge is 0.508 e. The number of para-hydroxylation sites is 1. The van der Waals surface area contributed by atoms with Gasteiger partial charge >= 0.3 is 6.03 Å². The number of likely N-dealkylation sites (tertiary alicyclic amines) is 1. The van der Waals surface area contributed by atoms with Crippen LogP contribution in [0.1, 0.15) is 36.0 Å². The third kappa shape index (κ3) is 8.46. The number of nitrogens with one attached hydrogen (secondary N) is 1. The number of phenols is 1. The van der Waals surface area contributed by atoms with Gasteiger partial charge in [-0.25, -0.2) is 14.8 Å². The average molecular weight is 697 g/mol. The number of aromatic hydroxyl groups is 1. The van der Waals surface area contributed by atoms with Gasteiger partial charge in [-0.1, -0.05) is 67.1 Å². The first-order valence-electron chi connectivity index (χ1n) is 17.7. The highest BCUT2D eigenvalue weighted by atomic mass is 16.5. The van der Waals surface area contributed by atoms with Crippen LogP contribution in [0.15, 0.2) is 85.5 Å². The van der Waals surface area contributed by atoms with E-state index in [0.29, 0.717) is 24.7 Å². The highest BCUT2D eigenvalue weighted by Gasteiger charge is 2.51. The van der Waals surface area contributed by atoms with Crippen LogP contribution in [-0.4, -0.2) is 113 Å². The molecule has 12 nitrogen and oxygen atoms in total. The lowest BCUT2D eigenvalue weighted by Crippen LogP contribution is -2.76. The third-order valence-electron chi connectivity index (χ3n) is 9.77. The fourth-order valence-electron chi connectivity index (χ4n) is 7.23. The van der Waals surface area contributed by atoms with Gasteiger partial charge in [0.05, 0.1) is 20.2 Å². The summed E-state index contributed by atoms with van der Waals surface area (Å²) in [5.74, 6) is 0.762. The summed E-state index contributed by atoms with van der Waals surface area (Å²) in [6.45, 7) is 7.97. The number of fused-ring (bicyclic) bond motifs is 1. The maximum Gasteiger partial charge on any atom is 0.334 e. The van der Waals surface area contributed by atoms with Crippen molar-refractivity contribution in [1.29, 1.82) is 0 Å². The van der Waals surface area contributed by atoms with Gasteiger partial charge in [-0.05, 0) is 55.3 Å². The predicted molar refractivity (Wildman–Crippen MR) is 193 cm³/mol. The van der Waals surface area contributed by atoms with Crippen molar-refractivity contribution in [2.24, 2.45) is 0 Å². The molecule has 3 aliphatic heterocycles. The van der Waals surface area contributed by atoms with E-state index in [0.717, 1.165) is 36.3 Å². The number of nitrogens with zero attached hydrogens (tertiary/aromatic N) is 5. The van der Waals surface area contributed by atoms with Crippen LogP contribution in [0.3, 0.4) is 0 Å². The molecule has 51 heavy (non-hydrogen) atoms. The highest BCUT2D eigenvalue weighted by Crippen LogP contribution is 2.35. The Morgan fingerprint density at radius 2 is 1.75 bits per heavy atom. The molecule has 3 fully saturated rings. The Morgan fingerprint density at radius 1 is 0.980 bits per heavy atom. The van der Waals surface area contributed by atoms with Gasteiger partial charge in [-0.3, -0.25) is 14.5 Å². The standard InChI is InChI=1S/C39H48N6O6/c1-3-19-43-28-36(47)44-33(24-29-15-17-32(46)18-16-29)38(48)42(27-35(44)45(43)39(49)40-25-30-11-6-4-7-12-30)26-31-13-10-14-34(50-2)37(31)51-23-22-41-20-8-5-9-21-41/h3-4,6-7,10-18,33,35,46H,1,5,8-9,19-28H2,2H3,(H,40,49). The molecule has 12 heteroatoms. The number of rotatable bonds is 13. The van der Waals surface area contributed by atoms with Crippen LogP contribution >= 0.6 is 0 Å². The molecular formula is C39H48N6O6. The molecular weight excluding hydrogens is 648 g/mol. The van der Waals surface area contributed by atoms with Crippen molar-refractivity contribution in [3.05, 3.63) is 102 Å². The number of hydrazine groups is 1. The number of amides is 4. The molecule has 3 aliphatic rings. The summed E-state index contributed by atoms with van der Waals surface area (Å²) >= 11 is 0. The van der Waals surface area contributed by atoms with Gasteiger partial charge in [0.15, 0.2) is 11.5 Å². The first-order chi connectivity index (χ1) is 24.9. The number of hydrogen-bond donors (Lipinski definition) is 2. The fourth-order valence-corrected chi connectivity index (χ4v) is 7.23. The number of piperidine rings is 1. The number of hydrogen-bond acceptors (Lipinski definition) is 8. The molecule has 2 N–H and O–H groups in total. The van der Waals surface area contributed by atoms with Crippen molar-refractivity contribution in [3.63, 3.8) is 0 Å². The Hall–Kier alpha value is -5.07. The van der Waals surface area contributed by atoms with Gasteiger partial charge in [0.2, 0.25) is 11.8 Å². The lowest BCUT2D eigenvalue weighted by molar-refractivity contribution is -0.189. The van der Waals surface area contributed by atoms with E-state index in [1.165, 1.54) is 19.3 Å². The van der Waals surface area contributed by atoms with Crippen LogP contribution in [0.4, 0.5) is 4.79 Å². The minimum Gasteiger partial charge on any atom is -0.508 e. The lowest BCUT2D eigenvalue weighted by atomic mass is 9.98. The van der Waals surface area contributed by atoms with Crippen LogP contribution in [0.5, 0.6) is 17.2 Å². The summed E-state index contributed by atoms with van der Waals surface area (Å²) in [5.41, 5.74) is 2.47. The van der Waals surface area contributed by atoms with Crippen LogP contribution in [0.2, 0.25) is 0 Å². The number of ether oxygens (including phenoxy) is 2. The van der Waals surface area contributed by atoms with E-state index in [1.807, 2.05) is 48.5 Å². The molecule has 3 aromatic rings. The molecule has 0 aliphatic carbocycles. The molecule has 0 radical (unpaired) electrons. The second kappa shape index (κ2) is 16.8. The number of benzene rings is 3. The second-order valence-corrected chi connectivity index (χ2v) is 13.2. The Labute approximate surface area is 299 Å². The molecule has 0 spiro atoms. The van der Waals surface area contributed by atoms with Crippen LogP contribution in [0, 0.1) is 0 Å². The Kier molecular flexibility index (Phi) is 11.7. The molecule has 2 atom stereocenters. The number of urea groups is 1. The van der Waals surface area contributed by atoms with Crippen molar-refractivity contribution < 1.29 is 29.0 Å². The summed E-state index contributed by atoms with van der Waals surface area (Å²) in [5, 5.41) is 16.2. The number of carbonyl (C=O) groups is 3. The molecule has 3 saturated heterocycles. The predicted octanol–water partition coefficient (Wildman–Crippen LogP) is 4.00. The monoisotopic (exact) mass is 696 g/mol. The topological polar surface area (TPSA) is 118 Å². The molecule has 6 rings (SSSR count). The van der Waals surface area contributed by atoms with Gasteiger partial charge < -0.3 is 29.7 Å². The van der Waals surface area contributed by atoms with E-state index in [-0.39, 0.29) is 56.2 Å². The molecule has 0 saturated carbocycles. The third-order valence-corrected chi connectivity index (χ3v) is 9.77. The number of carbonyl (C=O) groups excluding carboxylic acids is 3. The van der Waals surface area contributed by atoms with Crippen molar-refractivity contribution in [1.82, 2.24) is 30.0 Å². The minimum atomic E-state index is -0.898. The summed E-state index contributed by atoms with van der Waals surface area (Å²) in [6.07, 6.45) is 4.70. The second-order valence-electron chi connectivity index (χ2n) is 13.2. The molecule has 4 amide bonds. The van der Waals surface area contributed by atoms with Crippen LogP contribution < -0.4 is 14.8 Å². The Morgan fingerprint density at radius 3 is 2.47 bits per heavy atom. The van der Waals surface area contributed by atoms with Crippen LogP contribution in [0.25, 0.3) is 0 Å². The van der Waals surface area contributed by atoms with E-state index in [1.54, 1.807) is 57.3 Å². The van der Waals surface area contributed by atoms with Crippen molar-refractivity contribution >= 4 is 17.8 Å². The maximum atomic E-state index is 14.5. The SMILES string of the molecule is C=CCN1CC(=O)N2C(Cc3ccc(O)cc3)C(=O)N(Cc3cccc(OC)c3OCCN3CCCCC3)CC2N1C(=O)NCc1ccccc1. The zero-order chi connectivity index (χ0) is 35.7. The van der Waals surface area contributed by atoms with Gasteiger partial charge in [-0.2, -0.15) is 0 Å². The van der Waals surface area contributed by atoms with E-state index in [4.69, 9.17) is 9.47 Å². The Bertz CT molecular complexity index is 1660. The summed E-state index contributed by atoms with van der Waals surface area (Å²) in [4.78, 5) is 48.3. The first-order valence-corrected chi connectivity index (χ1v) is 17.7. The zero-order valence-electron chi connectivity index (χ0n) is 29.3. The molecule has 0 aromatic heterocycles. The number of methoxy groups -OCH3 is 1. The fraction of sp³-hybridized carbons (Fsp3) is 0.410. The molecule has 2 unspecified atom stereocenters. The first kappa shape index (κ1) is 35.7. The average Bonchev–Trinajstić information content (AvgIpc) is 3.14. The van der Waals surface area contributed by atoms with Crippen molar-refractivity contribution in [2.75, 3.05) is 53.0 Å². The van der Waals surface area contributed by atoms with Gasteiger partial charge in [-0.15, -0.1) is 6.58 Å². The number of phenolic OH excluding ortho intramolecular Hbond substituents is 1. The van der Waals surface area contributed by atoms with Gasteiger partial charge in [0.1, 0.15) is 24.6 Å². The zero-order valence-corrected chi connectivity index (χ0v) is 29.3. The van der Waals surface area contributed by atoms with Gasteiger partial charge in [0.25, 0.3) is 0 Å². The highest BCUT2D eigenvalue weighted by molar-refractivity contribution is 5.91. The summed E-state index contributed by atoms with van der Waals surface area (Å²) in [7, 11) is 1.60. The van der Waals surface area contributed by atoms with E-state index in [9.17, 15) is 19.5 Å². The summed E-state index contributed by atoms with van der Waals surface area (Å²) in [6, 6.07) is 20.6. The molecule has 0 bridgehead atoms. The molecule has 3 aromatic carbocycles. The van der Waals surface area contributed by atoms with Crippen molar-refractivity contribution in [2.45, 2.75) is 51.0 Å². The van der Waals surface area contributed by atoms with E-state index >= 15 is 0 Å². The molecule has 270 valence electrons. The smallest absolute Gasteiger partial charge is 0.334 e. The maximum absolute atomic E-state index is 14.5. The minimum absolute atomic E-state index is 0.0769. The van der Waals surface area contributed by atoms with Crippen molar-refractivity contribution in [3.8, 4) is 17.2 Å². The number of piperazine rings is 1. The molecule has 3 heterocycles. The quantitative estimate of drug-likeness (QED) is 0.258. The van der Waals surface area contributed by atoms with Gasteiger partial charge in [0, 0.05) is 38.2 Å². The lowest BCUT2D eigenvalue weighted by Gasteiger charge is -2.55. The van der Waals surface area contributed by atoms with E-state index < -0.39 is 12.2 Å². The summed E-state index contributed by atoms with van der Waals surface area (Å²) < 4.78 is 12.1. The normalized spacial score (nSPS) is 19.8. The Balaban J connectivity index is 1.31. The van der Waals surface area contributed by atoms with E-state index in [2.05, 4.69) is 16.8 Å².